The molecule has 0 aromatic heterocycles. The van der Waals surface area contributed by atoms with Crippen molar-refractivity contribution in [1.82, 2.24) is 5.32 Å². The molecule has 0 amide bonds. The molecule has 0 radical (unpaired) electrons. The lowest BCUT2D eigenvalue weighted by molar-refractivity contribution is 0.354. The summed E-state index contributed by atoms with van der Waals surface area (Å²) in [5.74, 6) is 1.92. The SMILES string of the molecule is COc1ccc(CCNC(N)=NCc2ccc(C)cc2C)cc1OC. The lowest BCUT2D eigenvalue weighted by Gasteiger charge is -2.10. The average Bonchev–Trinajstić information content (AvgIpc) is 2.60. The Hall–Kier alpha value is -2.69. The number of ether oxygens (including phenoxy) is 2. The molecule has 0 aliphatic carbocycles. The Balaban J connectivity index is 1.86. The Labute approximate surface area is 149 Å². The van der Waals surface area contributed by atoms with Crippen LogP contribution in [-0.4, -0.2) is 26.7 Å². The van der Waals surface area contributed by atoms with E-state index >= 15 is 0 Å². The molecule has 0 spiro atoms. The van der Waals surface area contributed by atoms with Crippen LogP contribution in [0.1, 0.15) is 22.3 Å². The highest BCUT2D eigenvalue weighted by Crippen LogP contribution is 2.27. The molecule has 134 valence electrons. The van der Waals surface area contributed by atoms with Crippen molar-refractivity contribution in [2.45, 2.75) is 26.8 Å². The third-order valence-electron chi connectivity index (χ3n) is 4.09. The van der Waals surface area contributed by atoms with Gasteiger partial charge >= 0.3 is 0 Å². The molecule has 0 saturated heterocycles. The van der Waals surface area contributed by atoms with Gasteiger partial charge in [0, 0.05) is 6.54 Å². The summed E-state index contributed by atoms with van der Waals surface area (Å²) >= 11 is 0. The average molecular weight is 341 g/mol. The first-order chi connectivity index (χ1) is 12.0. The molecule has 0 bridgehead atoms. The van der Waals surface area contributed by atoms with E-state index in [4.69, 9.17) is 15.2 Å². The third-order valence-corrected chi connectivity index (χ3v) is 4.09. The van der Waals surface area contributed by atoms with Crippen molar-refractivity contribution < 1.29 is 9.47 Å². The highest BCUT2D eigenvalue weighted by molar-refractivity contribution is 5.77. The van der Waals surface area contributed by atoms with Crippen LogP contribution in [-0.2, 0) is 13.0 Å². The minimum Gasteiger partial charge on any atom is -0.493 e. The van der Waals surface area contributed by atoms with Gasteiger partial charge in [-0.05, 0) is 49.1 Å². The number of rotatable bonds is 7. The highest BCUT2D eigenvalue weighted by atomic mass is 16.5. The molecular formula is C20H27N3O2. The number of nitrogens with one attached hydrogen (secondary N) is 1. The van der Waals surface area contributed by atoms with Gasteiger partial charge in [-0.1, -0.05) is 29.8 Å². The minimum absolute atomic E-state index is 0.459. The molecule has 0 saturated carbocycles. The first-order valence-corrected chi connectivity index (χ1v) is 8.34. The molecule has 0 aliphatic heterocycles. The quantitative estimate of drug-likeness (QED) is 0.600. The fraction of sp³-hybridized carbons (Fsp3) is 0.350. The van der Waals surface area contributed by atoms with Gasteiger partial charge in [0.25, 0.3) is 0 Å². The van der Waals surface area contributed by atoms with Crippen LogP contribution in [0.15, 0.2) is 41.4 Å². The van der Waals surface area contributed by atoms with Crippen LogP contribution in [0.25, 0.3) is 0 Å². The first-order valence-electron chi connectivity index (χ1n) is 8.34. The topological polar surface area (TPSA) is 68.9 Å². The Morgan fingerprint density at radius 2 is 1.80 bits per heavy atom. The summed E-state index contributed by atoms with van der Waals surface area (Å²) in [7, 11) is 3.27. The van der Waals surface area contributed by atoms with Gasteiger partial charge < -0.3 is 20.5 Å². The first kappa shape index (κ1) is 18.6. The summed E-state index contributed by atoms with van der Waals surface area (Å²) in [4.78, 5) is 4.42. The van der Waals surface area contributed by atoms with Gasteiger partial charge in [-0.15, -0.1) is 0 Å². The molecule has 0 heterocycles. The van der Waals surface area contributed by atoms with Crippen LogP contribution in [0.5, 0.6) is 11.5 Å². The fourth-order valence-corrected chi connectivity index (χ4v) is 2.62. The number of aliphatic imine (C=N–C) groups is 1. The molecule has 0 aliphatic rings. The van der Waals surface area contributed by atoms with Crippen molar-refractivity contribution in [3.63, 3.8) is 0 Å². The van der Waals surface area contributed by atoms with Crippen molar-refractivity contribution in [3.8, 4) is 11.5 Å². The second-order valence-corrected chi connectivity index (χ2v) is 6.00. The van der Waals surface area contributed by atoms with Gasteiger partial charge in [0.1, 0.15) is 0 Å². The van der Waals surface area contributed by atoms with Crippen LogP contribution in [0.4, 0.5) is 0 Å². The zero-order chi connectivity index (χ0) is 18.2. The Kier molecular flexibility index (Phi) is 6.69. The van der Waals surface area contributed by atoms with E-state index in [9.17, 15) is 0 Å². The fourth-order valence-electron chi connectivity index (χ4n) is 2.62. The summed E-state index contributed by atoms with van der Waals surface area (Å²) in [6, 6.07) is 12.3. The Morgan fingerprint density at radius 3 is 2.48 bits per heavy atom. The smallest absolute Gasteiger partial charge is 0.188 e. The number of nitrogens with zero attached hydrogens (tertiary/aromatic N) is 1. The maximum absolute atomic E-state index is 5.96. The molecule has 0 unspecified atom stereocenters. The molecule has 2 aromatic rings. The summed E-state index contributed by atoms with van der Waals surface area (Å²) in [5.41, 5.74) is 10.8. The molecule has 25 heavy (non-hydrogen) atoms. The number of nitrogens with two attached hydrogens (primary N) is 1. The standard InChI is InChI=1S/C20H27N3O2/c1-14-5-7-17(15(2)11-14)13-23-20(21)22-10-9-16-6-8-18(24-3)19(12-16)25-4/h5-8,11-12H,9-10,13H2,1-4H3,(H3,21,22,23). The largest absolute Gasteiger partial charge is 0.493 e. The van der Waals surface area contributed by atoms with E-state index in [0.29, 0.717) is 19.0 Å². The maximum Gasteiger partial charge on any atom is 0.188 e. The van der Waals surface area contributed by atoms with Gasteiger partial charge in [0.2, 0.25) is 0 Å². The van der Waals surface area contributed by atoms with Crippen molar-refractivity contribution in [2.75, 3.05) is 20.8 Å². The molecule has 3 N–H and O–H groups in total. The van der Waals surface area contributed by atoms with E-state index in [1.807, 2.05) is 18.2 Å². The molecule has 0 atom stereocenters. The van der Waals surface area contributed by atoms with E-state index in [0.717, 1.165) is 23.5 Å². The predicted octanol–water partition coefficient (Wildman–Crippen LogP) is 2.97. The number of methoxy groups -OCH3 is 2. The van der Waals surface area contributed by atoms with Crippen LogP contribution < -0.4 is 20.5 Å². The zero-order valence-corrected chi connectivity index (χ0v) is 15.4. The van der Waals surface area contributed by atoms with Crippen LogP contribution in [0.3, 0.4) is 0 Å². The Bertz CT molecular complexity index is 742. The highest BCUT2D eigenvalue weighted by Gasteiger charge is 2.04. The van der Waals surface area contributed by atoms with Gasteiger partial charge in [-0.25, -0.2) is 4.99 Å². The lowest BCUT2D eigenvalue weighted by Crippen LogP contribution is -2.33. The van der Waals surface area contributed by atoms with E-state index in [-0.39, 0.29) is 0 Å². The van der Waals surface area contributed by atoms with Gasteiger partial charge in [0.05, 0.1) is 20.8 Å². The Morgan fingerprint density at radius 1 is 1.04 bits per heavy atom. The van der Waals surface area contributed by atoms with E-state index in [1.165, 1.54) is 16.7 Å². The van der Waals surface area contributed by atoms with E-state index < -0.39 is 0 Å². The second-order valence-electron chi connectivity index (χ2n) is 6.00. The van der Waals surface area contributed by atoms with Gasteiger partial charge in [-0.2, -0.15) is 0 Å². The van der Waals surface area contributed by atoms with Crippen molar-refractivity contribution in [3.05, 3.63) is 58.7 Å². The van der Waals surface area contributed by atoms with Gasteiger partial charge in [0.15, 0.2) is 17.5 Å². The molecule has 5 heteroatoms. The molecule has 5 nitrogen and oxygen atoms in total. The van der Waals surface area contributed by atoms with Crippen molar-refractivity contribution in [1.29, 1.82) is 0 Å². The van der Waals surface area contributed by atoms with Crippen LogP contribution >= 0.6 is 0 Å². The number of aryl methyl sites for hydroxylation is 2. The number of benzene rings is 2. The number of hydrogen-bond donors (Lipinski definition) is 2. The maximum atomic E-state index is 5.96. The van der Waals surface area contributed by atoms with E-state index in [2.05, 4.69) is 42.4 Å². The van der Waals surface area contributed by atoms with Crippen molar-refractivity contribution >= 4 is 5.96 Å². The van der Waals surface area contributed by atoms with Gasteiger partial charge in [-0.3, -0.25) is 0 Å². The molecular weight excluding hydrogens is 314 g/mol. The number of hydrogen-bond acceptors (Lipinski definition) is 3. The predicted molar refractivity (Wildman–Crippen MR) is 102 cm³/mol. The minimum atomic E-state index is 0.459. The second kappa shape index (κ2) is 8.97. The summed E-state index contributed by atoms with van der Waals surface area (Å²) in [6.45, 7) is 5.47. The monoisotopic (exact) mass is 341 g/mol. The summed E-state index contributed by atoms with van der Waals surface area (Å²) in [5, 5.41) is 3.15. The molecule has 2 aromatic carbocycles. The zero-order valence-electron chi connectivity index (χ0n) is 15.4. The number of guanidine groups is 1. The lowest BCUT2D eigenvalue weighted by atomic mass is 10.1. The van der Waals surface area contributed by atoms with E-state index in [1.54, 1.807) is 14.2 Å². The van der Waals surface area contributed by atoms with Crippen molar-refractivity contribution in [2.24, 2.45) is 10.7 Å². The summed E-state index contributed by atoms with van der Waals surface area (Å²) < 4.78 is 10.6. The molecule has 0 fully saturated rings. The van der Waals surface area contributed by atoms with Crippen LogP contribution in [0, 0.1) is 13.8 Å². The third kappa shape index (κ3) is 5.41. The molecule has 2 rings (SSSR count). The normalized spacial score (nSPS) is 11.3. The summed E-state index contributed by atoms with van der Waals surface area (Å²) in [6.07, 6.45) is 0.820. The van der Waals surface area contributed by atoms with Crippen LogP contribution in [0.2, 0.25) is 0 Å².